The third-order valence-corrected chi connectivity index (χ3v) is 5.21. The number of benzene rings is 1. The number of anilines is 1. The van der Waals surface area contributed by atoms with Crippen molar-refractivity contribution in [2.24, 2.45) is 5.92 Å². The quantitative estimate of drug-likeness (QED) is 0.909. The van der Waals surface area contributed by atoms with Gasteiger partial charge in [-0.15, -0.1) is 0 Å². The van der Waals surface area contributed by atoms with E-state index < -0.39 is 0 Å². The van der Waals surface area contributed by atoms with Crippen LogP contribution in [-0.2, 0) is 4.74 Å². The van der Waals surface area contributed by atoms with Crippen LogP contribution in [0, 0.1) is 5.92 Å². The molecule has 2 fully saturated rings. The van der Waals surface area contributed by atoms with Gasteiger partial charge in [-0.1, -0.05) is 18.6 Å². The zero-order chi connectivity index (χ0) is 15.5. The van der Waals surface area contributed by atoms with Crippen molar-refractivity contribution >= 4 is 11.7 Å². The molecule has 4 heteroatoms. The maximum atomic E-state index is 12.6. The Balaban J connectivity index is 1.68. The highest BCUT2D eigenvalue weighted by Gasteiger charge is 2.37. The number of ether oxygens (including phenoxy) is 1. The lowest BCUT2D eigenvalue weighted by atomic mass is 9.92. The summed E-state index contributed by atoms with van der Waals surface area (Å²) in [4.78, 5) is 14.7. The summed E-state index contributed by atoms with van der Waals surface area (Å²) in [5.41, 5.74) is 1.93. The van der Waals surface area contributed by atoms with Crippen molar-refractivity contribution in [3.8, 4) is 0 Å². The predicted octanol–water partition coefficient (Wildman–Crippen LogP) is 4.19. The van der Waals surface area contributed by atoms with Gasteiger partial charge in [0.2, 0.25) is 0 Å². The first kappa shape index (κ1) is 15.3. The number of hydrogen-bond donors (Lipinski definition) is 1. The number of amides is 2. The van der Waals surface area contributed by atoms with Gasteiger partial charge in [0.25, 0.3) is 0 Å². The smallest absolute Gasteiger partial charge is 0.322 e. The summed E-state index contributed by atoms with van der Waals surface area (Å²) in [6.07, 6.45) is 6.17. The van der Waals surface area contributed by atoms with E-state index in [1.807, 2.05) is 31.2 Å². The topological polar surface area (TPSA) is 41.6 Å². The maximum Gasteiger partial charge on any atom is 0.322 e. The van der Waals surface area contributed by atoms with Gasteiger partial charge in [-0.25, -0.2) is 4.79 Å². The lowest BCUT2D eigenvalue weighted by molar-refractivity contribution is 0.119. The molecular weight excluding hydrogens is 276 g/mol. The number of methoxy groups -OCH3 is 1. The average Bonchev–Trinajstić information content (AvgIpc) is 3.02. The van der Waals surface area contributed by atoms with Crippen molar-refractivity contribution in [2.45, 2.75) is 51.2 Å². The zero-order valence-corrected chi connectivity index (χ0v) is 13.5. The van der Waals surface area contributed by atoms with Crippen molar-refractivity contribution in [1.82, 2.24) is 4.90 Å². The molecule has 1 aliphatic heterocycles. The summed E-state index contributed by atoms with van der Waals surface area (Å²) in [6.45, 7) is 2.90. The Morgan fingerprint density at radius 2 is 2.14 bits per heavy atom. The van der Waals surface area contributed by atoms with Crippen molar-refractivity contribution in [2.75, 3.05) is 19.0 Å². The van der Waals surface area contributed by atoms with Gasteiger partial charge in [-0.3, -0.25) is 0 Å². The van der Waals surface area contributed by atoms with Gasteiger partial charge < -0.3 is 15.0 Å². The Labute approximate surface area is 132 Å². The molecule has 4 nitrogen and oxygen atoms in total. The molecule has 1 heterocycles. The largest absolute Gasteiger partial charge is 0.377 e. The van der Waals surface area contributed by atoms with Crippen molar-refractivity contribution in [1.29, 1.82) is 0 Å². The van der Waals surface area contributed by atoms with Crippen molar-refractivity contribution < 1.29 is 9.53 Å². The molecule has 3 atom stereocenters. The summed E-state index contributed by atoms with van der Waals surface area (Å²) in [6, 6.07) is 8.45. The van der Waals surface area contributed by atoms with Crippen LogP contribution >= 0.6 is 0 Å². The number of likely N-dealkylation sites (tertiary alicyclic amines) is 1. The molecule has 1 aromatic carbocycles. The minimum absolute atomic E-state index is 0.0334. The Morgan fingerprint density at radius 1 is 1.32 bits per heavy atom. The molecule has 0 radical (unpaired) electrons. The molecule has 0 aromatic heterocycles. The average molecular weight is 302 g/mol. The van der Waals surface area contributed by atoms with Crippen molar-refractivity contribution in [3.05, 3.63) is 29.8 Å². The van der Waals surface area contributed by atoms with Gasteiger partial charge >= 0.3 is 6.03 Å². The molecule has 1 aliphatic carbocycles. The second-order valence-corrected chi connectivity index (χ2v) is 6.53. The number of carbonyl (C=O) groups excluding carboxylic acids is 1. The molecule has 1 saturated carbocycles. The van der Waals surface area contributed by atoms with E-state index in [0.717, 1.165) is 30.1 Å². The fraction of sp³-hybridized carbons (Fsp3) is 0.611. The number of nitrogens with one attached hydrogen (secondary N) is 1. The highest BCUT2D eigenvalue weighted by Crippen LogP contribution is 2.37. The van der Waals surface area contributed by atoms with E-state index >= 15 is 0 Å². The highest BCUT2D eigenvalue weighted by atomic mass is 16.5. The standard InChI is InChI=1S/C18H26N2O2/c1-13(22-2)15-7-3-9-16(12-15)19-18(21)20-11-5-8-14-6-4-10-17(14)20/h3,7,9,12-14,17H,4-6,8,10-11H2,1-2H3,(H,19,21)/t13-,14-,17-/m1/s1. The van der Waals surface area contributed by atoms with E-state index in [-0.39, 0.29) is 12.1 Å². The Bertz CT molecular complexity index is 532. The normalized spacial score (nSPS) is 25.6. The van der Waals surface area contributed by atoms with E-state index in [4.69, 9.17) is 4.74 Å². The van der Waals surface area contributed by atoms with Crippen LogP contribution in [0.1, 0.15) is 50.7 Å². The van der Waals surface area contributed by atoms with Crippen LogP contribution in [-0.4, -0.2) is 30.6 Å². The highest BCUT2D eigenvalue weighted by molar-refractivity contribution is 5.89. The number of nitrogens with zero attached hydrogens (tertiary/aromatic N) is 1. The molecule has 1 aromatic rings. The summed E-state index contributed by atoms with van der Waals surface area (Å²) in [7, 11) is 1.70. The van der Waals surface area contributed by atoms with Gasteiger partial charge in [0.15, 0.2) is 0 Å². The first-order valence-electron chi connectivity index (χ1n) is 8.39. The zero-order valence-electron chi connectivity index (χ0n) is 13.5. The summed E-state index contributed by atoms with van der Waals surface area (Å²) >= 11 is 0. The van der Waals surface area contributed by atoms with Gasteiger partial charge in [-0.05, 0) is 56.2 Å². The Morgan fingerprint density at radius 3 is 2.95 bits per heavy atom. The molecule has 1 saturated heterocycles. The fourth-order valence-corrected chi connectivity index (χ4v) is 3.91. The molecule has 22 heavy (non-hydrogen) atoms. The Hall–Kier alpha value is -1.55. The van der Waals surface area contributed by atoms with Crippen LogP contribution in [0.2, 0.25) is 0 Å². The van der Waals surface area contributed by atoms with Crippen molar-refractivity contribution in [3.63, 3.8) is 0 Å². The maximum absolute atomic E-state index is 12.6. The van der Waals surface area contributed by atoms with Crippen LogP contribution in [0.4, 0.5) is 10.5 Å². The molecule has 120 valence electrons. The first-order valence-corrected chi connectivity index (χ1v) is 8.39. The molecule has 2 aliphatic rings. The van der Waals surface area contributed by atoms with Gasteiger partial charge in [0, 0.05) is 25.4 Å². The molecule has 0 spiro atoms. The van der Waals surface area contributed by atoms with E-state index in [9.17, 15) is 4.79 Å². The van der Waals surface area contributed by atoms with Crippen LogP contribution in [0.25, 0.3) is 0 Å². The van der Waals surface area contributed by atoms with Gasteiger partial charge in [-0.2, -0.15) is 0 Å². The minimum Gasteiger partial charge on any atom is -0.377 e. The lowest BCUT2D eigenvalue weighted by Crippen LogP contribution is -2.48. The fourth-order valence-electron chi connectivity index (χ4n) is 3.91. The number of rotatable bonds is 3. The second-order valence-electron chi connectivity index (χ2n) is 6.53. The molecule has 3 rings (SSSR count). The molecule has 1 N–H and O–H groups in total. The number of hydrogen-bond acceptors (Lipinski definition) is 2. The second kappa shape index (κ2) is 6.69. The van der Waals surface area contributed by atoms with Gasteiger partial charge in [0.1, 0.15) is 0 Å². The van der Waals surface area contributed by atoms with E-state index in [2.05, 4.69) is 10.2 Å². The SMILES string of the molecule is CO[C@H](C)c1cccc(NC(=O)N2CCC[C@H]3CCC[C@H]32)c1. The number of carbonyl (C=O) groups is 1. The number of piperidine rings is 1. The molecule has 0 bridgehead atoms. The number of urea groups is 1. The van der Waals surface area contributed by atoms with Crippen LogP contribution in [0.3, 0.4) is 0 Å². The first-order chi connectivity index (χ1) is 10.7. The lowest BCUT2D eigenvalue weighted by Gasteiger charge is -2.37. The monoisotopic (exact) mass is 302 g/mol. The summed E-state index contributed by atoms with van der Waals surface area (Å²) in [5.74, 6) is 0.722. The van der Waals surface area contributed by atoms with E-state index in [0.29, 0.717) is 6.04 Å². The minimum atomic E-state index is 0.0334. The Kier molecular flexibility index (Phi) is 4.67. The van der Waals surface area contributed by atoms with Crippen LogP contribution in [0.15, 0.2) is 24.3 Å². The molecular formula is C18H26N2O2. The third-order valence-electron chi connectivity index (χ3n) is 5.21. The number of fused-ring (bicyclic) bond motifs is 1. The van der Waals surface area contributed by atoms with E-state index in [1.54, 1.807) is 7.11 Å². The van der Waals surface area contributed by atoms with E-state index in [1.165, 1.54) is 25.7 Å². The van der Waals surface area contributed by atoms with Gasteiger partial charge in [0.05, 0.1) is 6.10 Å². The summed E-state index contributed by atoms with van der Waals surface area (Å²) in [5, 5.41) is 3.08. The molecule has 2 amide bonds. The van der Waals surface area contributed by atoms with Crippen LogP contribution in [0.5, 0.6) is 0 Å². The molecule has 0 unspecified atom stereocenters. The van der Waals surface area contributed by atoms with Crippen LogP contribution < -0.4 is 5.32 Å². The predicted molar refractivity (Wildman–Crippen MR) is 88.0 cm³/mol. The third kappa shape index (κ3) is 3.12. The summed E-state index contributed by atoms with van der Waals surface area (Å²) < 4.78 is 5.35.